The summed E-state index contributed by atoms with van der Waals surface area (Å²) in [4.78, 5) is 0. The SMILES string of the molecule is CCOc1ccc(C(Cc2ccc(Cl)cc2)NC)c(Br)c1. The number of ether oxygens (including phenoxy) is 1. The van der Waals surface area contributed by atoms with Gasteiger partial charge in [0.05, 0.1) is 6.61 Å². The zero-order chi connectivity index (χ0) is 15.2. The summed E-state index contributed by atoms with van der Waals surface area (Å²) in [7, 11) is 1.98. The van der Waals surface area contributed by atoms with Crippen LogP contribution < -0.4 is 10.1 Å². The number of hydrogen-bond acceptors (Lipinski definition) is 2. The Kier molecular flexibility index (Phi) is 6.09. The Bertz CT molecular complexity index is 586. The highest BCUT2D eigenvalue weighted by Gasteiger charge is 2.14. The Morgan fingerprint density at radius 3 is 2.48 bits per heavy atom. The molecule has 0 spiro atoms. The molecule has 0 radical (unpaired) electrons. The van der Waals surface area contributed by atoms with Gasteiger partial charge in [0.2, 0.25) is 0 Å². The van der Waals surface area contributed by atoms with Gasteiger partial charge in [-0.15, -0.1) is 0 Å². The summed E-state index contributed by atoms with van der Waals surface area (Å²) >= 11 is 9.58. The standard InChI is InChI=1S/C17H19BrClNO/c1-3-21-14-8-9-15(16(18)11-14)17(20-2)10-12-4-6-13(19)7-5-12/h4-9,11,17,20H,3,10H2,1-2H3. The second kappa shape index (κ2) is 7.83. The van der Waals surface area contributed by atoms with Crippen LogP contribution in [0, 0.1) is 0 Å². The van der Waals surface area contributed by atoms with E-state index in [0.29, 0.717) is 6.61 Å². The highest BCUT2D eigenvalue weighted by Crippen LogP contribution is 2.29. The zero-order valence-corrected chi connectivity index (χ0v) is 14.5. The predicted molar refractivity (Wildman–Crippen MR) is 92.3 cm³/mol. The highest BCUT2D eigenvalue weighted by molar-refractivity contribution is 9.10. The van der Waals surface area contributed by atoms with E-state index in [-0.39, 0.29) is 6.04 Å². The second-order valence-electron chi connectivity index (χ2n) is 4.79. The summed E-state index contributed by atoms with van der Waals surface area (Å²) in [5.74, 6) is 0.884. The summed E-state index contributed by atoms with van der Waals surface area (Å²) in [6.45, 7) is 2.66. The molecule has 0 amide bonds. The van der Waals surface area contributed by atoms with Gasteiger partial charge >= 0.3 is 0 Å². The molecule has 1 atom stereocenters. The molecular weight excluding hydrogens is 350 g/mol. The lowest BCUT2D eigenvalue weighted by molar-refractivity contribution is 0.340. The monoisotopic (exact) mass is 367 g/mol. The van der Waals surface area contributed by atoms with E-state index in [1.807, 2.05) is 38.2 Å². The van der Waals surface area contributed by atoms with Crippen LogP contribution in [0.3, 0.4) is 0 Å². The fraction of sp³-hybridized carbons (Fsp3) is 0.294. The minimum atomic E-state index is 0.233. The first-order valence-corrected chi connectivity index (χ1v) is 8.15. The third-order valence-electron chi connectivity index (χ3n) is 3.36. The van der Waals surface area contributed by atoms with E-state index in [1.54, 1.807) is 0 Å². The Balaban J connectivity index is 2.18. The Morgan fingerprint density at radius 1 is 1.19 bits per heavy atom. The molecular formula is C17H19BrClNO. The molecule has 0 aromatic heterocycles. The topological polar surface area (TPSA) is 21.3 Å². The molecule has 0 aliphatic carbocycles. The van der Waals surface area contributed by atoms with Crippen molar-refractivity contribution in [2.75, 3.05) is 13.7 Å². The van der Waals surface area contributed by atoms with E-state index in [4.69, 9.17) is 16.3 Å². The molecule has 0 fully saturated rings. The van der Waals surface area contributed by atoms with Crippen LogP contribution in [0.2, 0.25) is 5.02 Å². The average molecular weight is 369 g/mol. The third kappa shape index (κ3) is 4.47. The van der Waals surface area contributed by atoms with Crippen molar-refractivity contribution in [3.8, 4) is 5.75 Å². The molecule has 2 rings (SSSR count). The quantitative estimate of drug-likeness (QED) is 0.774. The summed E-state index contributed by atoms with van der Waals surface area (Å²) in [6.07, 6.45) is 0.903. The molecule has 0 heterocycles. The van der Waals surface area contributed by atoms with Gasteiger partial charge in [-0.05, 0) is 55.8 Å². The van der Waals surface area contributed by atoms with Crippen molar-refractivity contribution >= 4 is 27.5 Å². The van der Waals surface area contributed by atoms with E-state index in [1.165, 1.54) is 11.1 Å². The van der Waals surface area contributed by atoms with Gasteiger partial charge < -0.3 is 10.1 Å². The van der Waals surface area contributed by atoms with Crippen LogP contribution in [0.4, 0.5) is 0 Å². The van der Waals surface area contributed by atoms with Gasteiger partial charge in [0.1, 0.15) is 5.75 Å². The van der Waals surface area contributed by atoms with Crippen LogP contribution in [0.5, 0.6) is 5.75 Å². The summed E-state index contributed by atoms with van der Waals surface area (Å²) in [5.41, 5.74) is 2.47. The molecule has 2 nitrogen and oxygen atoms in total. The Labute approximate surface area is 139 Å². The van der Waals surface area contributed by atoms with Gasteiger partial charge in [-0.2, -0.15) is 0 Å². The van der Waals surface area contributed by atoms with E-state index in [0.717, 1.165) is 21.7 Å². The number of halogens is 2. The van der Waals surface area contributed by atoms with E-state index in [2.05, 4.69) is 39.4 Å². The predicted octanol–water partition coefficient (Wildman–Crippen LogP) is 5.00. The zero-order valence-electron chi connectivity index (χ0n) is 12.2. The molecule has 1 unspecified atom stereocenters. The molecule has 4 heteroatoms. The van der Waals surface area contributed by atoms with Crippen LogP contribution in [-0.2, 0) is 6.42 Å². The maximum Gasteiger partial charge on any atom is 0.120 e. The number of benzene rings is 2. The van der Waals surface area contributed by atoms with Crippen LogP contribution in [0.15, 0.2) is 46.9 Å². The first-order chi connectivity index (χ1) is 10.1. The summed E-state index contributed by atoms with van der Waals surface area (Å²) < 4.78 is 6.58. The van der Waals surface area contributed by atoms with E-state index < -0.39 is 0 Å². The number of hydrogen-bond donors (Lipinski definition) is 1. The number of rotatable bonds is 6. The molecule has 0 aliphatic rings. The molecule has 0 saturated carbocycles. The number of likely N-dealkylation sites (N-methyl/N-ethyl adjacent to an activating group) is 1. The molecule has 0 saturated heterocycles. The molecule has 21 heavy (non-hydrogen) atoms. The van der Waals surface area contributed by atoms with Crippen molar-refractivity contribution in [2.24, 2.45) is 0 Å². The van der Waals surface area contributed by atoms with Crippen LogP contribution in [-0.4, -0.2) is 13.7 Å². The van der Waals surface area contributed by atoms with Crippen molar-refractivity contribution in [3.05, 3.63) is 63.1 Å². The van der Waals surface area contributed by atoms with Crippen molar-refractivity contribution in [3.63, 3.8) is 0 Å². The van der Waals surface area contributed by atoms with Crippen molar-refractivity contribution < 1.29 is 4.74 Å². The van der Waals surface area contributed by atoms with Gasteiger partial charge in [-0.25, -0.2) is 0 Å². The lowest BCUT2D eigenvalue weighted by atomic mass is 9.99. The van der Waals surface area contributed by atoms with Gasteiger partial charge in [0.25, 0.3) is 0 Å². The fourth-order valence-electron chi connectivity index (χ4n) is 2.27. The molecule has 0 aliphatic heterocycles. The van der Waals surface area contributed by atoms with Crippen LogP contribution in [0.25, 0.3) is 0 Å². The first kappa shape index (κ1) is 16.3. The lowest BCUT2D eigenvalue weighted by Gasteiger charge is -2.19. The van der Waals surface area contributed by atoms with Gasteiger partial charge in [-0.3, -0.25) is 0 Å². The molecule has 2 aromatic rings. The highest BCUT2D eigenvalue weighted by atomic mass is 79.9. The minimum absolute atomic E-state index is 0.233. The average Bonchev–Trinajstić information content (AvgIpc) is 2.48. The Morgan fingerprint density at radius 2 is 1.90 bits per heavy atom. The normalized spacial score (nSPS) is 12.2. The number of nitrogens with one attached hydrogen (secondary N) is 1. The molecule has 0 bridgehead atoms. The first-order valence-electron chi connectivity index (χ1n) is 6.98. The van der Waals surface area contributed by atoms with Crippen molar-refractivity contribution in [2.45, 2.75) is 19.4 Å². The second-order valence-corrected chi connectivity index (χ2v) is 6.08. The lowest BCUT2D eigenvalue weighted by Crippen LogP contribution is -2.19. The van der Waals surface area contributed by atoms with E-state index in [9.17, 15) is 0 Å². The van der Waals surface area contributed by atoms with Crippen molar-refractivity contribution in [1.29, 1.82) is 0 Å². The van der Waals surface area contributed by atoms with E-state index >= 15 is 0 Å². The molecule has 112 valence electrons. The maximum atomic E-state index is 5.93. The minimum Gasteiger partial charge on any atom is -0.494 e. The Hall–Kier alpha value is -1.03. The largest absolute Gasteiger partial charge is 0.494 e. The maximum absolute atomic E-state index is 5.93. The third-order valence-corrected chi connectivity index (χ3v) is 4.30. The smallest absolute Gasteiger partial charge is 0.120 e. The summed E-state index contributed by atoms with van der Waals surface area (Å²) in [5, 5.41) is 4.14. The van der Waals surface area contributed by atoms with Crippen LogP contribution in [0.1, 0.15) is 24.1 Å². The van der Waals surface area contributed by atoms with Crippen LogP contribution >= 0.6 is 27.5 Å². The van der Waals surface area contributed by atoms with Gasteiger partial charge in [-0.1, -0.05) is 45.7 Å². The molecule has 2 aromatic carbocycles. The molecule has 1 N–H and O–H groups in total. The fourth-order valence-corrected chi connectivity index (χ4v) is 3.03. The van der Waals surface area contributed by atoms with Crippen molar-refractivity contribution in [1.82, 2.24) is 5.32 Å². The van der Waals surface area contributed by atoms with Gasteiger partial charge in [0, 0.05) is 15.5 Å². The van der Waals surface area contributed by atoms with Gasteiger partial charge in [0.15, 0.2) is 0 Å². The summed E-state index contributed by atoms with van der Waals surface area (Å²) in [6, 6.07) is 14.3.